The van der Waals surface area contributed by atoms with Crippen molar-refractivity contribution in [1.82, 2.24) is 9.97 Å². The van der Waals surface area contributed by atoms with Gasteiger partial charge in [-0.15, -0.1) is 0 Å². The predicted octanol–water partition coefficient (Wildman–Crippen LogP) is 6.08. The van der Waals surface area contributed by atoms with Gasteiger partial charge in [0.25, 0.3) is 0 Å². The molecule has 0 bridgehead atoms. The molecule has 0 fully saturated rings. The van der Waals surface area contributed by atoms with Crippen LogP contribution >= 0.6 is 0 Å². The van der Waals surface area contributed by atoms with Gasteiger partial charge in [0.2, 0.25) is 0 Å². The zero-order chi connectivity index (χ0) is 18.4. The minimum atomic E-state index is -1.34. The highest BCUT2D eigenvalue weighted by Crippen LogP contribution is 2.36. The van der Waals surface area contributed by atoms with E-state index in [9.17, 15) is 0 Å². The lowest BCUT2D eigenvalue weighted by atomic mass is 9.83. The van der Waals surface area contributed by atoms with Crippen LogP contribution in [0.1, 0.15) is 70.3 Å². The van der Waals surface area contributed by atoms with Gasteiger partial charge in [-0.2, -0.15) is 0 Å². The second kappa shape index (κ2) is 8.55. The Labute approximate surface area is 151 Å². The second-order valence-corrected chi connectivity index (χ2v) is 7.37. The molecule has 0 saturated heterocycles. The van der Waals surface area contributed by atoms with Crippen molar-refractivity contribution in [1.29, 1.82) is 0 Å². The maximum absolute atomic E-state index is 15.1. The number of hydrogen-bond donors (Lipinski definition) is 0. The largest absolute Gasteiger partial charge is 0.261 e. The Morgan fingerprint density at radius 1 is 1.04 bits per heavy atom. The number of aromatic nitrogens is 2. The molecule has 3 heteroatoms. The van der Waals surface area contributed by atoms with Crippen LogP contribution in [-0.2, 0) is 12.1 Å². The molecule has 3 atom stereocenters. The lowest BCUT2D eigenvalue weighted by Gasteiger charge is -2.28. The maximum atomic E-state index is 15.1. The summed E-state index contributed by atoms with van der Waals surface area (Å²) < 4.78 is 15.1. The third-order valence-electron chi connectivity index (χ3n) is 5.43. The minimum absolute atomic E-state index is 0.0802. The summed E-state index contributed by atoms with van der Waals surface area (Å²) in [5.74, 6) is 0.801. The van der Waals surface area contributed by atoms with Gasteiger partial charge in [0.15, 0.2) is 5.67 Å². The highest BCUT2D eigenvalue weighted by molar-refractivity contribution is 5.21. The molecule has 25 heavy (non-hydrogen) atoms. The highest BCUT2D eigenvalue weighted by Gasteiger charge is 2.35. The smallest absolute Gasteiger partial charge is 0.154 e. The second-order valence-electron chi connectivity index (χ2n) is 7.37. The summed E-state index contributed by atoms with van der Waals surface area (Å²) in [7, 11) is 0. The summed E-state index contributed by atoms with van der Waals surface area (Å²) in [4.78, 5) is 8.99. The first-order chi connectivity index (χ1) is 11.9. The first-order valence-electron chi connectivity index (χ1n) is 9.47. The Morgan fingerprint density at radius 2 is 1.80 bits per heavy atom. The average Bonchev–Trinajstić information content (AvgIpc) is 2.63. The van der Waals surface area contributed by atoms with E-state index in [0.29, 0.717) is 24.0 Å². The first kappa shape index (κ1) is 19.6. The summed E-state index contributed by atoms with van der Waals surface area (Å²) in [6.45, 7) is 10.2. The van der Waals surface area contributed by atoms with Crippen LogP contribution in [0.5, 0.6) is 0 Å². The Bertz CT molecular complexity index is 639. The van der Waals surface area contributed by atoms with E-state index in [2.05, 4.69) is 29.9 Å². The summed E-state index contributed by atoms with van der Waals surface area (Å²) in [5, 5.41) is 0. The fourth-order valence-electron chi connectivity index (χ4n) is 3.69. The summed E-state index contributed by atoms with van der Waals surface area (Å²) in [6, 6.07) is 10.0. The predicted molar refractivity (Wildman–Crippen MR) is 102 cm³/mol. The molecule has 0 aliphatic carbocycles. The molecule has 2 nitrogen and oxygen atoms in total. The van der Waals surface area contributed by atoms with Gasteiger partial charge < -0.3 is 0 Å². The molecule has 0 amide bonds. The molecule has 0 radical (unpaired) electrons. The molecule has 0 aliphatic heterocycles. The van der Waals surface area contributed by atoms with E-state index in [4.69, 9.17) is 0 Å². The summed E-state index contributed by atoms with van der Waals surface area (Å²) >= 11 is 0. The third kappa shape index (κ3) is 4.45. The molecule has 0 aliphatic rings. The van der Waals surface area contributed by atoms with E-state index in [0.717, 1.165) is 24.1 Å². The van der Waals surface area contributed by atoms with Gasteiger partial charge in [-0.1, -0.05) is 46.8 Å². The van der Waals surface area contributed by atoms with Gasteiger partial charge in [0, 0.05) is 24.0 Å². The van der Waals surface area contributed by atoms with Crippen LogP contribution in [0, 0.1) is 11.8 Å². The lowest BCUT2D eigenvalue weighted by molar-refractivity contribution is 0.0882. The number of halogens is 1. The molecule has 3 unspecified atom stereocenters. The van der Waals surface area contributed by atoms with E-state index in [-0.39, 0.29) is 5.92 Å². The Morgan fingerprint density at radius 3 is 2.28 bits per heavy atom. The van der Waals surface area contributed by atoms with Crippen LogP contribution in [0.4, 0.5) is 4.39 Å². The average molecular weight is 343 g/mol. The molecular formula is C22H31FN2. The van der Waals surface area contributed by atoms with E-state index < -0.39 is 5.67 Å². The van der Waals surface area contributed by atoms with E-state index in [1.165, 1.54) is 0 Å². The molecule has 0 saturated carbocycles. The van der Waals surface area contributed by atoms with Crippen molar-refractivity contribution in [3.05, 3.63) is 59.7 Å². The molecule has 2 rings (SSSR count). The van der Waals surface area contributed by atoms with Crippen LogP contribution < -0.4 is 0 Å². The number of pyridine rings is 2. The Kier molecular flexibility index (Phi) is 6.69. The monoisotopic (exact) mass is 342 g/mol. The zero-order valence-electron chi connectivity index (χ0n) is 16.2. The normalized spacial score (nSPS) is 16.4. The van der Waals surface area contributed by atoms with Crippen LogP contribution in [0.25, 0.3) is 0 Å². The van der Waals surface area contributed by atoms with Crippen molar-refractivity contribution in [3.8, 4) is 0 Å². The SMILES string of the molecule is CCC(c1ccccn1)C(C)Cc1ccc(C(F)(CC)C(C)C)nc1. The molecular weight excluding hydrogens is 311 g/mol. The number of rotatable bonds is 8. The number of nitrogens with zero attached hydrogens (tertiary/aromatic N) is 2. The van der Waals surface area contributed by atoms with Gasteiger partial charge in [0.1, 0.15) is 0 Å². The van der Waals surface area contributed by atoms with Gasteiger partial charge in [-0.05, 0) is 54.9 Å². The van der Waals surface area contributed by atoms with Crippen molar-refractivity contribution >= 4 is 0 Å². The molecule has 0 N–H and O–H groups in total. The maximum Gasteiger partial charge on any atom is 0.154 e. The zero-order valence-corrected chi connectivity index (χ0v) is 16.2. The van der Waals surface area contributed by atoms with Gasteiger partial charge in [-0.25, -0.2) is 4.39 Å². The van der Waals surface area contributed by atoms with Crippen LogP contribution in [0.15, 0.2) is 42.7 Å². The van der Waals surface area contributed by atoms with Crippen molar-refractivity contribution < 1.29 is 4.39 Å². The van der Waals surface area contributed by atoms with Gasteiger partial charge in [0.05, 0.1) is 5.69 Å². The van der Waals surface area contributed by atoms with Crippen molar-refractivity contribution in [3.63, 3.8) is 0 Å². The molecule has 0 spiro atoms. The molecule has 2 aromatic heterocycles. The van der Waals surface area contributed by atoms with Crippen molar-refractivity contribution in [2.24, 2.45) is 11.8 Å². The van der Waals surface area contributed by atoms with E-state index in [1.807, 2.05) is 57.4 Å². The Hall–Kier alpha value is -1.77. The first-order valence-corrected chi connectivity index (χ1v) is 9.47. The fourth-order valence-corrected chi connectivity index (χ4v) is 3.69. The third-order valence-corrected chi connectivity index (χ3v) is 5.43. The molecule has 136 valence electrons. The minimum Gasteiger partial charge on any atom is -0.261 e. The van der Waals surface area contributed by atoms with E-state index in [1.54, 1.807) is 0 Å². The van der Waals surface area contributed by atoms with Crippen LogP contribution in [-0.4, -0.2) is 9.97 Å². The number of alkyl halides is 1. The quantitative estimate of drug-likeness (QED) is 0.581. The van der Waals surface area contributed by atoms with E-state index >= 15 is 4.39 Å². The van der Waals surface area contributed by atoms with Gasteiger partial charge >= 0.3 is 0 Å². The summed E-state index contributed by atoms with van der Waals surface area (Å²) in [5.41, 5.74) is 1.52. The molecule has 2 heterocycles. The van der Waals surface area contributed by atoms with Crippen molar-refractivity contribution in [2.45, 2.75) is 65.5 Å². The molecule has 2 aromatic rings. The Balaban J connectivity index is 2.12. The molecule has 0 aromatic carbocycles. The topological polar surface area (TPSA) is 25.8 Å². The van der Waals surface area contributed by atoms with Crippen LogP contribution in [0.2, 0.25) is 0 Å². The lowest BCUT2D eigenvalue weighted by Crippen LogP contribution is -2.27. The standard InChI is InChI=1S/C22H31FN2/c1-6-19(20-10-8-9-13-24-20)17(5)14-18-11-12-21(25-15-18)22(23,7-2)16(3)4/h8-13,15-17,19H,6-7,14H2,1-5H3. The highest BCUT2D eigenvalue weighted by atomic mass is 19.1. The van der Waals surface area contributed by atoms with Crippen LogP contribution in [0.3, 0.4) is 0 Å². The van der Waals surface area contributed by atoms with Gasteiger partial charge in [-0.3, -0.25) is 9.97 Å². The summed E-state index contributed by atoms with van der Waals surface area (Å²) in [6.07, 6.45) is 6.14. The van der Waals surface area contributed by atoms with Crippen molar-refractivity contribution in [2.75, 3.05) is 0 Å². The number of hydrogen-bond acceptors (Lipinski definition) is 2. The fraction of sp³-hybridized carbons (Fsp3) is 0.545.